The van der Waals surface area contributed by atoms with E-state index < -0.39 is 10.0 Å². The zero-order valence-electron chi connectivity index (χ0n) is 12.5. The summed E-state index contributed by atoms with van der Waals surface area (Å²) in [6.45, 7) is 11.7. The minimum Gasteiger partial charge on any atom is -0.312 e. The van der Waals surface area contributed by atoms with E-state index in [-0.39, 0.29) is 0 Å². The molecule has 4 nitrogen and oxygen atoms in total. The molecule has 114 valence electrons. The predicted octanol–water partition coefficient (Wildman–Crippen LogP) is 2.75. The molecule has 0 spiro atoms. The van der Waals surface area contributed by atoms with Gasteiger partial charge in [-0.1, -0.05) is 19.9 Å². The van der Waals surface area contributed by atoms with Gasteiger partial charge >= 0.3 is 0 Å². The molecule has 0 amide bonds. The highest BCUT2D eigenvalue weighted by Gasteiger charge is 2.27. The second-order valence-corrected chi connectivity index (χ2v) is 7.43. The predicted molar refractivity (Wildman–Crippen MR) is 85.7 cm³/mol. The summed E-state index contributed by atoms with van der Waals surface area (Å²) in [5.41, 5.74) is 0.825. The van der Waals surface area contributed by atoms with Crippen LogP contribution in [0.3, 0.4) is 0 Å². The van der Waals surface area contributed by atoms with Crippen molar-refractivity contribution >= 4 is 21.4 Å². The van der Waals surface area contributed by atoms with Crippen LogP contribution < -0.4 is 5.32 Å². The molecule has 1 rings (SSSR count). The molecule has 20 heavy (non-hydrogen) atoms. The monoisotopic (exact) mass is 316 g/mol. The van der Waals surface area contributed by atoms with Gasteiger partial charge in [0.2, 0.25) is 10.0 Å². The van der Waals surface area contributed by atoms with Crippen LogP contribution in [-0.4, -0.2) is 32.4 Å². The standard InChI is InChI=1S/C14H24N2O2S2/c1-5-8-15-10-13-14(12(4)11-19-13)20(17,18)16(7-3)9-6-2/h6,11,15H,2,5,7-10H2,1,3-4H3. The van der Waals surface area contributed by atoms with E-state index >= 15 is 0 Å². The summed E-state index contributed by atoms with van der Waals surface area (Å²) in [7, 11) is -3.44. The summed E-state index contributed by atoms with van der Waals surface area (Å²) in [6.07, 6.45) is 2.65. The van der Waals surface area contributed by atoms with Crippen LogP contribution >= 0.6 is 11.3 Å². The van der Waals surface area contributed by atoms with Gasteiger partial charge in [-0.3, -0.25) is 0 Å². The first-order valence-corrected chi connectivity index (χ1v) is 9.19. The van der Waals surface area contributed by atoms with Crippen molar-refractivity contribution in [2.45, 2.75) is 38.6 Å². The number of thiophene rings is 1. The third-order valence-electron chi connectivity index (χ3n) is 2.99. The maximum atomic E-state index is 12.7. The summed E-state index contributed by atoms with van der Waals surface area (Å²) in [6, 6.07) is 0. The molecule has 0 bridgehead atoms. The van der Waals surface area contributed by atoms with Gasteiger partial charge < -0.3 is 5.32 Å². The maximum Gasteiger partial charge on any atom is 0.244 e. The lowest BCUT2D eigenvalue weighted by atomic mass is 10.3. The van der Waals surface area contributed by atoms with Crippen molar-refractivity contribution in [2.75, 3.05) is 19.6 Å². The van der Waals surface area contributed by atoms with Gasteiger partial charge in [0.25, 0.3) is 0 Å². The Labute approximate surface area is 126 Å². The molecule has 1 heterocycles. The first-order valence-electron chi connectivity index (χ1n) is 6.87. The number of aryl methyl sites for hydroxylation is 1. The number of likely N-dealkylation sites (N-methyl/N-ethyl adjacent to an activating group) is 1. The quantitative estimate of drug-likeness (QED) is 0.563. The van der Waals surface area contributed by atoms with Crippen molar-refractivity contribution in [3.05, 3.63) is 28.5 Å². The SMILES string of the molecule is C=CCN(CC)S(=O)(=O)c1c(C)csc1CNCCC. The molecule has 0 aromatic carbocycles. The van der Waals surface area contributed by atoms with Crippen molar-refractivity contribution in [3.63, 3.8) is 0 Å². The van der Waals surface area contributed by atoms with Gasteiger partial charge in [-0.05, 0) is 30.8 Å². The van der Waals surface area contributed by atoms with Crippen molar-refractivity contribution < 1.29 is 8.42 Å². The van der Waals surface area contributed by atoms with Crippen LogP contribution in [0.5, 0.6) is 0 Å². The van der Waals surface area contributed by atoms with E-state index in [2.05, 4.69) is 18.8 Å². The van der Waals surface area contributed by atoms with E-state index in [9.17, 15) is 8.42 Å². The van der Waals surface area contributed by atoms with Gasteiger partial charge in [0.05, 0.1) is 0 Å². The van der Waals surface area contributed by atoms with Gasteiger partial charge in [0, 0.05) is 24.5 Å². The smallest absolute Gasteiger partial charge is 0.244 e. The Balaban J connectivity index is 3.10. The number of sulfonamides is 1. The lowest BCUT2D eigenvalue weighted by Gasteiger charge is -2.20. The molecule has 0 aliphatic heterocycles. The Morgan fingerprint density at radius 1 is 1.45 bits per heavy atom. The van der Waals surface area contributed by atoms with Crippen LogP contribution in [0.15, 0.2) is 22.9 Å². The lowest BCUT2D eigenvalue weighted by molar-refractivity contribution is 0.458. The fourth-order valence-electron chi connectivity index (χ4n) is 2.00. The molecule has 6 heteroatoms. The third kappa shape index (κ3) is 3.91. The Morgan fingerprint density at radius 3 is 2.70 bits per heavy atom. The van der Waals surface area contributed by atoms with Crippen molar-refractivity contribution in [1.29, 1.82) is 0 Å². The maximum absolute atomic E-state index is 12.7. The minimum absolute atomic E-state index is 0.343. The van der Waals surface area contributed by atoms with Crippen LogP contribution in [0.1, 0.15) is 30.7 Å². The number of nitrogens with zero attached hydrogens (tertiary/aromatic N) is 1. The molecule has 0 aliphatic carbocycles. The van der Waals surface area contributed by atoms with E-state index in [0.29, 0.717) is 24.5 Å². The molecule has 1 N–H and O–H groups in total. The van der Waals surface area contributed by atoms with Gasteiger partial charge in [-0.15, -0.1) is 17.9 Å². The summed E-state index contributed by atoms with van der Waals surface area (Å²) in [5.74, 6) is 0. The van der Waals surface area contributed by atoms with Gasteiger partial charge in [0.15, 0.2) is 0 Å². The van der Waals surface area contributed by atoms with Crippen LogP contribution in [0, 0.1) is 6.92 Å². The van der Waals surface area contributed by atoms with Crippen LogP contribution in [-0.2, 0) is 16.6 Å². The highest BCUT2D eigenvalue weighted by molar-refractivity contribution is 7.89. The minimum atomic E-state index is -3.44. The van der Waals surface area contributed by atoms with Crippen LogP contribution in [0.4, 0.5) is 0 Å². The molecular weight excluding hydrogens is 292 g/mol. The van der Waals surface area contributed by atoms with E-state index in [4.69, 9.17) is 0 Å². The zero-order chi connectivity index (χ0) is 15.2. The van der Waals surface area contributed by atoms with Gasteiger partial charge in [-0.2, -0.15) is 4.31 Å². The van der Waals surface area contributed by atoms with Crippen molar-refractivity contribution in [1.82, 2.24) is 9.62 Å². The normalized spacial score (nSPS) is 12.0. The number of nitrogens with one attached hydrogen (secondary N) is 1. The highest BCUT2D eigenvalue weighted by Crippen LogP contribution is 2.29. The van der Waals surface area contributed by atoms with E-state index in [0.717, 1.165) is 23.4 Å². The molecule has 0 saturated heterocycles. The molecule has 0 fully saturated rings. The van der Waals surface area contributed by atoms with E-state index in [1.165, 1.54) is 15.6 Å². The van der Waals surface area contributed by atoms with Gasteiger partial charge in [-0.25, -0.2) is 8.42 Å². The fourth-order valence-corrected chi connectivity index (χ4v) is 5.16. The van der Waals surface area contributed by atoms with Gasteiger partial charge in [0.1, 0.15) is 4.90 Å². The average molecular weight is 316 g/mol. The van der Waals surface area contributed by atoms with Crippen molar-refractivity contribution in [3.8, 4) is 0 Å². The Hall–Kier alpha value is -0.690. The molecule has 1 aromatic rings. The Bertz CT molecular complexity index is 535. The number of hydrogen-bond donors (Lipinski definition) is 1. The summed E-state index contributed by atoms with van der Waals surface area (Å²) in [5, 5.41) is 5.19. The Kier molecular flexibility index (Phi) is 6.88. The molecule has 1 aromatic heterocycles. The second kappa shape index (κ2) is 7.93. The van der Waals surface area contributed by atoms with Crippen LogP contribution in [0.2, 0.25) is 0 Å². The second-order valence-electron chi connectivity index (χ2n) is 4.59. The first kappa shape index (κ1) is 17.4. The van der Waals surface area contributed by atoms with E-state index in [1.807, 2.05) is 19.2 Å². The number of rotatable bonds is 9. The largest absolute Gasteiger partial charge is 0.312 e. The third-order valence-corrected chi connectivity index (χ3v) is 6.39. The molecule has 0 unspecified atom stereocenters. The fraction of sp³-hybridized carbons (Fsp3) is 0.571. The Morgan fingerprint density at radius 2 is 2.15 bits per heavy atom. The average Bonchev–Trinajstić information content (AvgIpc) is 2.78. The molecular formula is C14H24N2O2S2. The summed E-state index contributed by atoms with van der Waals surface area (Å²) in [4.78, 5) is 1.35. The first-order chi connectivity index (χ1) is 9.48. The summed E-state index contributed by atoms with van der Waals surface area (Å²) >= 11 is 1.51. The van der Waals surface area contributed by atoms with Crippen LogP contribution in [0.25, 0.3) is 0 Å². The molecule has 0 atom stereocenters. The topological polar surface area (TPSA) is 49.4 Å². The number of hydrogen-bond acceptors (Lipinski definition) is 4. The molecule has 0 saturated carbocycles. The zero-order valence-corrected chi connectivity index (χ0v) is 14.1. The molecule has 0 aliphatic rings. The van der Waals surface area contributed by atoms with Crippen molar-refractivity contribution in [2.24, 2.45) is 0 Å². The molecule has 0 radical (unpaired) electrons. The summed E-state index contributed by atoms with van der Waals surface area (Å²) < 4.78 is 26.9. The van der Waals surface area contributed by atoms with E-state index in [1.54, 1.807) is 6.08 Å². The highest BCUT2D eigenvalue weighted by atomic mass is 32.2. The lowest BCUT2D eigenvalue weighted by Crippen LogP contribution is -2.32.